The molecule has 0 amide bonds. The van der Waals surface area contributed by atoms with Gasteiger partial charge in [-0.1, -0.05) is 18.7 Å². The number of pyridine rings is 1. The van der Waals surface area contributed by atoms with E-state index in [1.54, 1.807) is 0 Å². The number of nitrogens with zero attached hydrogens (tertiary/aromatic N) is 5. The maximum absolute atomic E-state index is 10.2. The monoisotopic (exact) mass is 566 g/mol. The summed E-state index contributed by atoms with van der Waals surface area (Å²) < 4.78 is 12.3. The summed E-state index contributed by atoms with van der Waals surface area (Å²) in [6.45, 7) is 7.31. The number of aromatic nitrogens is 3. The first kappa shape index (κ1) is 26.7. The first-order valence-corrected chi connectivity index (χ1v) is 16.0. The van der Waals surface area contributed by atoms with Crippen LogP contribution in [-0.2, 0) is 11.3 Å². The molecule has 5 heterocycles. The fourth-order valence-electron chi connectivity index (χ4n) is 7.40. The van der Waals surface area contributed by atoms with Crippen molar-refractivity contribution in [1.29, 1.82) is 0 Å². The number of anilines is 2. The van der Waals surface area contributed by atoms with Crippen molar-refractivity contribution < 1.29 is 14.6 Å². The van der Waals surface area contributed by atoms with Gasteiger partial charge in [0.1, 0.15) is 17.3 Å². The average molecular weight is 567 g/mol. The Hall–Kier alpha value is -2.14. The Labute approximate surface area is 241 Å². The summed E-state index contributed by atoms with van der Waals surface area (Å²) in [5.74, 6) is 4.44. The molecule has 0 aromatic carbocycles. The lowest BCUT2D eigenvalue weighted by atomic mass is 9.73. The molecule has 2 aromatic rings. The predicted octanol–water partition coefficient (Wildman–Crippen LogP) is 3.87. The van der Waals surface area contributed by atoms with Crippen molar-refractivity contribution in [3.8, 4) is 5.75 Å². The number of aliphatic hydroxyl groups excluding tert-OH is 1. The first-order valence-electron chi connectivity index (χ1n) is 15.1. The number of aliphatic hydroxyl groups is 1. The minimum absolute atomic E-state index is 0.139. The van der Waals surface area contributed by atoms with Crippen LogP contribution < -0.4 is 20.3 Å². The fraction of sp³-hybridized carbons (Fsp3) is 0.700. The zero-order valence-corrected chi connectivity index (χ0v) is 24.3. The third-order valence-corrected chi connectivity index (χ3v) is 11.0. The van der Waals surface area contributed by atoms with Gasteiger partial charge in [-0.2, -0.15) is 0 Å². The summed E-state index contributed by atoms with van der Waals surface area (Å²) >= 11 is 1.53. The third-order valence-electron chi connectivity index (χ3n) is 10.1. The van der Waals surface area contributed by atoms with Crippen LogP contribution in [0.1, 0.15) is 57.6 Å². The number of fused-ring (bicyclic) bond motifs is 3. The molecule has 2 aliphatic carbocycles. The minimum Gasteiger partial charge on any atom is -0.486 e. The van der Waals surface area contributed by atoms with Gasteiger partial charge in [0, 0.05) is 44.4 Å². The molecule has 2 aromatic heterocycles. The Bertz CT molecular complexity index is 1220. The number of ether oxygens (including phenoxy) is 2. The minimum atomic E-state index is -0.139. The van der Waals surface area contributed by atoms with Gasteiger partial charge in [0.2, 0.25) is 0 Å². The van der Waals surface area contributed by atoms with Gasteiger partial charge in [-0.05, 0) is 68.3 Å². The maximum atomic E-state index is 10.2. The molecule has 2 saturated heterocycles. The molecule has 10 heteroatoms. The van der Waals surface area contributed by atoms with Crippen molar-refractivity contribution >= 4 is 23.4 Å². The Morgan fingerprint density at radius 2 is 1.95 bits per heavy atom. The Morgan fingerprint density at radius 3 is 2.70 bits per heavy atom. The van der Waals surface area contributed by atoms with Gasteiger partial charge < -0.3 is 30.1 Å². The van der Waals surface area contributed by atoms with E-state index in [1.165, 1.54) is 37.4 Å². The smallest absolute Gasteiger partial charge is 0.175 e. The molecular weight excluding hydrogens is 524 g/mol. The van der Waals surface area contributed by atoms with E-state index < -0.39 is 0 Å². The normalized spacial score (nSPS) is 29.0. The standard InChI is InChI=1S/C30H42N6O3S/c1-19-4-6-30(27(19)31)7-10-35(11-8-30)28-23(15-37)34-25(13-33-28)40-24-5-9-32-29-26(24)39-18-22-12-21(14-36(22)29)17-38-16-20-2-3-20/h5,9,13,19-22,27,37H,2-4,6-8,10-12,14-18,31H2,1H3/t19-,21+,22+,27-/m1/s1. The van der Waals surface area contributed by atoms with Crippen LogP contribution in [0.5, 0.6) is 5.75 Å². The lowest BCUT2D eigenvalue weighted by Crippen LogP contribution is -2.48. The zero-order valence-electron chi connectivity index (χ0n) is 23.5. The van der Waals surface area contributed by atoms with Gasteiger partial charge in [0.25, 0.3) is 0 Å². The topological polar surface area (TPSA) is 110 Å². The number of rotatable bonds is 8. The largest absolute Gasteiger partial charge is 0.486 e. The quantitative estimate of drug-likeness (QED) is 0.489. The summed E-state index contributed by atoms with van der Waals surface area (Å²) in [7, 11) is 0. The second-order valence-electron chi connectivity index (χ2n) is 12.8. The summed E-state index contributed by atoms with van der Waals surface area (Å²) in [6.07, 6.45) is 12.0. The van der Waals surface area contributed by atoms with Crippen LogP contribution in [0.3, 0.4) is 0 Å². The van der Waals surface area contributed by atoms with Gasteiger partial charge in [0.05, 0.1) is 30.3 Å². The highest BCUT2D eigenvalue weighted by Gasteiger charge is 2.46. The van der Waals surface area contributed by atoms with Crippen LogP contribution in [-0.4, -0.2) is 71.6 Å². The van der Waals surface area contributed by atoms with Gasteiger partial charge in [-0.15, -0.1) is 0 Å². The van der Waals surface area contributed by atoms with Crippen LogP contribution in [0, 0.1) is 23.2 Å². The Kier molecular flexibility index (Phi) is 7.31. The van der Waals surface area contributed by atoms with E-state index in [4.69, 9.17) is 30.2 Å². The lowest BCUT2D eigenvalue weighted by molar-refractivity contribution is 0.0956. The molecule has 9 nitrogen and oxygen atoms in total. The van der Waals surface area contributed by atoms with Crippen LogP contribution in [0.2, 0.25) is 0 Å². The van der Waals surface area contributed by atoms with Gasteiger partial charge in [-0.3, -0.25) is 0 Å². The van der Waals surface area contributed by atoms with Crippen molar-refractivity contribution in [2.75, 3.05) is 49.3 Å². The summed E-state index contributed by atoms with van der Waals surface area (Å²) in [6, 6.07) is 2.62. The summed E-state index contributed by atoms with van der Waals surface area (Å²) in [4.78, 5) is 20.0. The van der Waals surface area contributed by atoms with Crippen molar-refractivity contribution in [3.63, 3.8) is 0 Å². The fourth-order valence-corrected chi connectivity index (χ4v) is 8.26. The first-order chi connectivity index (χ1) is 19.5. The Morgan fingerprint density at radius 1 is 1.12 bits per heavy atom. The van der Waals surface area contributed by atoms with Crippen molar-refractivity contribution in [2.45, 2.75) is 80.5 Å². The highest BCUT2D eigenvalue weighted by atomic mass is 32.2. The molecule has 5 aliphatic rings. The Balaban J connectivity index is 1.03. The van der Waals surface area contributed by atoms with E-state index in [2.05, 4.69) is 16.7 Å². The van der Waals surface area contributed by atoms with E-state index in [1.807, 2.05) is 18.5 Å². The third kappa shape index (κ3) is 5.05. The number of piperidine rings is 1. The molecule has 2 saturated carbocycles. The number of hydrogen-bond acceptors (Lipinski definition) is 10. The number of hydrogen-bond donors (Lipinski definition) is 2. The molecule has 216 valence electrons. The predicted molar refractivity (Wildman–Crippen MR) is 155 cm³/mol. The molecule has 40 heavy (non-hydrogen) atoms. The molecule has 3 N–H and O–H groups in total. The second kappa shape index (κ2) is 10.9. The van der Waals surface area contributed by atoms with Gasteiger partial charge in [0.15, 0.2) is 17.4 Å². The molecule has 4 atom stereocenters. The summed E-state index contributed by atoms with van der Waals surface area (Å²) in [5.41, 5.74) is 7.51. The molecule has 7 rings (SSSR count). The van der Waals surface area contributed by atoms with Gasteiger partial charge >= 0.3 is 0 Å². The molecule has 3 aliphatic heterocycles. The van der Waals surface area contributed by atoms with Crippen LogP contribution in [0.25, 0.3) is 0 Å². The van der Waals surface area contributed by atoms with Crippen molar-refractivity contribution in [1.82, 2.24) is 15.0 Å². The van der Waals surface area contributed by atoms with Gasteiger partial charge in [-0.25, -0.2) is 15.0 Å². The highest BCUT2D eigenvalue weighted by Crippen LogP contribution is 2.49. The summed E-state index contributed by atoms with van der Waals surface area (Å²) in [5, 5.41) is 11.0. The van der Waals surface area contributed by atoms with E-state index in [0.29, 0.717) is 30.2 Å². The van der Waals surface area contributed by atoms with Crippen LogP contribution in [0.15, 0.2) is 28.4 Å². The lowest BCUT2D eigenvalue weighted by Gasteiger charge is -2.43. The van der Waals surface area contributed by atoms with Crippen LogP contribution >= 0.6 is 11.8 Å². The highest BCUT2D eigenvalue weighted by molar-refractivity contribution is 7.99. The van der Waals surface area contributed by atoms with Crippen LogP contribution in [0.4, 0.5) is 11.6 Å². The van der Waals surface area contributed by atoms with Crippen molar-refractivity contribution in [2.24, 2.45) is 28.9 Å². The van der Waals surface area contributed by atoms with E-state index in [-0.39, 0.29) is 18.1 Å². The SMILES string of the molecule is C[C@@H]1CCC2(CCN(c3ncc(Sc4ccnc5c4OC[C@@H]4C[C@H](COCC6CC6)CN54)nc3CO)CC2)[C@@H]1N. The molecule has 0 unspecified atom stereocenters. The van der Waals surface area contributed by atoms with E-state index in [9.17, 15) is 5.11 Å². The molecule has 4 fully saturated rings. The number of nitrogens with two attached hydrogens (primary N) is 1. The molecule has 0 bridgehead atoms. The molecular formula is C30H42N6O3S. The average Bonchev–Trinajstić information content (AvgIpc) is 3.65. The van der Waals surface area contributed by atoms with E-state index >= 15 is 0 Å². The zero-order chi connectivity index (χ0) is 27.3. The second-order valence-corrected chi connectivity index (χ2v) is 13.9. The maximum Gasteiger partial charge on any atom is 0.175 e. The molecule has 1 spiro atoms. The molecule has 0 radical (unpaired) electrons. The van der Waals surface area contributed by atoms with Crippen molar-refractivity contribution in [3.05, 3.63) is 24.2 Å². The van der Waals surface area contributed by atoms with E-state index in [0.717, 1.165) is 85.3 Å².